The minimum atomic E-state index is -4.44. The van der Waals surface area contributed by atoms with Crippen LogP contribution in [0.2, 0.25) is 0 Å². The number of nitrogens with zero attached hydrogens (tertiary/aromatic N) is 4. The predicted molar refractivity (Wildman–Crippen MR) is 102 cm³/mol. The highest BCUT2D eigenvalue weighted by Gasteiger charge is 2.30. The quantitative estimate of drug-likeness (QED) is 0.736. The molecule has 1 N–H and O–H groups in total. The third-order valence-electron chi connectivity index (χ3n) is 4.41. The van der Waals surface area contributed by atoms with Crippen LogP contribution in [0, 0.1) is 6.92 Å². The van der Waals surface area contributed by atoms with E-state index in [1.54, 1.807) is 6.92 Å². The van der Waals surface area contributed by atoms with Gasteiger partial charge in [-0.3, -0.25) is 9.36 Å². The van der Waals surface area contributed by atoms with Gasteiger partial charge in [-0.2, -0.15) is 13.2 Å². The number of nitrogens with one attached hydrogen (secondary N) is 1. The third-order valence-corrected chi connectivity index (χ3v) is 5.45. The van der Waals surface area contributed by atoms with Crippen LogP contribution in [0.5, 0.6) is 0 Å². The Morgan fingerprint density at radius 3 is 2.46 bits per heavy atom. The Bertz CT molecular complexity index is 816. The molecule has 3 rings (SSSR count). The molecule has 2 aromatic rings. The lowest BCUT2D eigenvalue weighted by Crippen LogP contribution is -2.38. The largest absolute Gasteiger partial charge is 0.405 e. The molecule has 1 aromatic carbocycles. The molecule has 0 aliphatic carbocycles. The zero-order valence-corrected chi connectivity index (χ0v) is 16.5. The summed E-state index contributed by atoms with van der Waals surface area (Å²) < 4.78 is 38.9. The molecule has 2 heterocycles. The minimum absolute atomic E-state index is 0.473. The van der Waals surface area contributed by atoms with E-state index in [0.29, 0.717) is 11.1 Å². The van der Waals surface area contributed by atoms with E-state index >= 15 is 0 Å². The van der Waals surface area contributed by atoms with E-state index in [9.17, 15) is 18.0 Å². The number of halogens is 3. The number of amides is 1. The molecule has 0 unspecified atom stereocenters. The van der Waals surface area contributed by atoms with E-state index in [2.05, 4.69) is 15.1 Å². The molecule has 28 heavy (non-hydrogen) atoms. The topological polar surface area (TPSA) is 63.1 Å². The number of carbonyl (C=O) groups excluding carboxylic acids is 1. The molecule has 152 valence electrons. The third kappa shape index (κ3) is 4.98. The maximum Gasteiger partial charge on any atom is 0.405 e. The first-order valence-electron chi connectivity index (χ1n) is 9.03. The second kappa shape index (κ2) is 8.42. The number of aromatic nitrogens is 3. The van der Waals surface area contributed by atoms with Crippen molar-refractivity contribution in [2.45, 2.75) is 43.3 Å². The maximum atomic E-state index is 12.3. The fraction of sp³-hybridized carbons (Fsp3) is 0.500. The Balaban J connectivity index is 1.84. The molecule has 1 aliphatic rings. The Labute approximate surface area is 165 Å². The standard InChI is InChI=1S/C18H22F3N5OS/c1-12-5-7-14(8-6-12)26-16(25-9-3-4-10-25)23-24-17(26)28-13(2)15(27)22-11-18(19,20)21/h5-8,13H,3-4,9-11H2,1-2H3,(H,22,27)/t13-/m1/s1. The molecule has 10 heteroatoms. The highest BCUT2D eigenvalue weighted by atomic mass is 32.2. The van der Waals surface area contributed by atoms with Gasteiger partial charge in [0.1, 0.15) is 6.54 Å². The number of benzene rings is 1. The van der Waals surface area contributed by atoms with Gasteiger partial charge in [0.05, 0.1) is 10.9 Å². The predicted octanol–water partition coefficient (Wildman–Crippen LogP) is 3.34. The van der Waals surface area contributed by atoms with Gasteiger partial charge in [0.2, 0.25) is 11.9 Å². The SMILES string of the molecule is Cc1ccc(-n2c(S[C@H](C)C(=O)NCC(F)(F)F)nnc2N2CCCC2)cc1. The van der Waals surface area contributed by atoms with Crippen molar-refractivity contribution >= 4 is 23.6 Å². The Morgan fingerprint density at radius 1 is 1.21 bits per heavy atom. The molecule has 0 bridgehead atoms. The molecule has 1 atom stereocenters. The lowest BCUT2D eigenvalue weighted by Gasteiger charge is -2.19. The van der Waals surface area contributed by atoms with Crippen LogP contribution < -0.4 is 10.2 Å². The van der Waals surface area contributed by atoms with Crippen molar-refractivity contribution in [2.24, 2.45) is 0 Å². The molecule has 1 aliphatic heterocycles. The Kier molecular flexibility index (Phi) is 6.17. The summed E-state index contributed by atoms with van der Waals surface area (Å²) in [7, 11) is 0. The first kappa shape index (κ1) is 20.5. The molecule has 1 fully saturated rings. The summed E-state index contributed by atoms with van der Waals surface area (Å²) in [6.45, 7) is 3.94. The molecule has 1 amide bonds. The summed E-state index contributed by atoms with van der Waals surface area (Å²) in [5.41, 5.74) is 1.96. The van der Waals surface area contributed by atoms with Crippen molar-refractivity contribution in [1.82, 2.24) is 20.1 Å². The van der Waals surface area contributed by atoms with E-state index in [1.165, 1.54) is 0 Å². The van der Waals surface area contributed by atoms with Crippen LogP contribution in [-0.4, -0.2) is 51.7 Å². The van der Waals surface area contributed by atoms with Crippen molar-refractivity contribution in [2.75, 3.05) is 24.5 Å². The van der Waals surface area contributed by atoms with Gasteiger partial charge in [-0.15, -0.1) is 10.2 Å². The van der Waals surface area contributed by atoms with Crippen LogP contribution in [0.15, 0.2) is 29.4 Å². The fourth-order valence-corrected chi connectivity index (χ4v) is 3.81. The number of hydrogen-bond donors (Lipinski definition) is 1. The summed E-state index contributed by atoms with van der Waals surface area (Å²) in [6.07, 6.45) is -2.30. The normalized spacial score (nSPS) is 15.7. The van der Waals surface area contributed by atoms with Crippen LogP contribution in [-0.2, 0) is 4.79 Å². The molecular weight excluding hydrogens is 391 g/mol. The van der Waals surface area contributed by atoms with Crippen molar-refractivity contribution in [3.8, 4) is 5.69 Å². The van der Waals surface area contributed by atoms with Crippen LogP contribution in [0.3, 0.4) is 0 Å². The summed E-state index contributed by atoms with van der Waals surface area (Å²) in [5, 5.41) is 10.2. The molecule has 1 aromatic heterocycles. The van der Waals surface area contributed by atoms with Gasteiger partial charge in [-0.1, -0.05) is 29.5 Å². The van der Waals surface area contributed by atoms with Crippen molar-refractivity contribution in [1.29, 1.82) is 0 Å². The fourth-order valence-electron chi connectivity index (χ4n) is 2.92. The second-order valence-electron chi connectivity index (χ2n) is 6.74. The molecule has 6 nitrogen and oxygen atoms in total. The van der Waals surface area contributed by atoms with Gasteiger partial charge >= 0.3 is 6.18 Å². The zero-order chi connectivity index (χ0) is 20.3. The summed E-state index contributed by atoms with van der Waals surface area (Å²) in [5.74, 6) is -0.00439. The van der Waals surface area contributed by atoms with E-state index in [-0.39, 0.29) is 0 Å². The van der Waals surface area contributed by atoms with E-state index in [0.717, 1.165) is 48.9 Å². The summed E-state index contributed by atoms with van der Waals surface area (Å²) in [6, 6.07) is 7.82. The number of hydrogen-bond acceptors (Lipinski definition) is 5. The van der Waals surface area contributed by atoms with Gasteiger partial charge in [0.15, 0.2) is 5.16 Å². The molecule has 0 radical (unpaired) electrons. The number of carbonyl (C=O) groups is 1. The van der Waals surface area contributed by atoms with Gasteiger partial charge in [0.25, 0.3) is 0 Å². The van der Waals surface area contributed by atoms with Gasteiger partial charge in [0, 0.05) is 13.1 Å². The lowest BCUT2D eigenvalue weighted by atomic mass is 10.2. The molecule has 0 saturated carbocycles. The molecule has 0 spiro atoms. The summed E-state index contributed by atoms with van der Waals surface area (Å²) in [4.78, 5) is 14.2. The highest BCUT2D eigenvalue weighted by Crippen LogP contribution is 2.31. The smallest absolute Gasteiger partial charge is 0.346 e. The number of aryl methyl sites for hydroxylation is 1. The van der Waals surface area contributed by atoms with Crippen molar-refractivity contribution in [3.05, 3.63) is 29.8 Å². The van der Waals surface area contributed by atoms with Crippen LogP contribution in [0.25, 0.3) is 5.69 Å². The second-order valence-corrected chi connectivity index (χ2v) is 8.05. The number of anilines is 1. The average Bonchev–Trinajstić information content (AvgIpc) is 3.29. The number of alkyl halides is 3. The van der Waals surface area contributed by atoms with Crippen molar-refractivity contribution in [3.63, 3.8) is 0 Å². The highest BCUT2D eigenvalue weighted by molar-refractivity contribution is 8.00. The van der Waals surface area contributed by atoms with E-state index in [1.807, 2.05) is 41.1 Å². The van der Waals surface area contributed by atoms with E-state index in [4.69, 9.17) is 0 Å². The van der Waals surface area contributed by atoms with Crippen molar-refractivity contribution < 1.29 is 18.0 Å². The number of rotatable bonds is 6. The van der Waals surface area contributed by atoms with Crippen LogP contribution in [0.1, 0.15) is 25.3 Å². The average molecular weight is 413 g/mol. The van der Waals surface area contributed by atoms with E-state index < -0.39 is 23.9 Å². The minimum Gasteiger partial charge on any atom is -0.346 e. The summed E-state index contributed by atoms with van der Waals surface area (Å²) >= 11 is 1.09. The van der Waals surface area contributed by atoms with Crippen LogP contribution in [0.4, 0.5) is 19.1 Å². The Hall–Kier alpha value is -2.23. The van der Waals surface area contributed by atoms with Gasteiger partial charge in [-0.05, 0) is 38.8 Å². The lowest BCUT2D eigenvalue weighted by molar-refractivity contribution is -0.137. The Morgan fingerprint density at radius 2 is 1.86 bits per heavy atom. The van der Waals surface area contributed by atoms with Gasteiger partial charge < -0.3 is 10.2 Å². The molecule has 1 saturated heterocycles. The monoisotopic (exact) mass is 413 g/mol. The molecular formula is C18H22F3N5OS. The first-order chi connectivity index (χ1) is 13.2. The number of thioether (sulfide) groups is 1. The zero-order valence-electron chi connectivity index (χ0n) is 15.7. The maximum absolute atomic E-state index is 12.3. The first-order valence-corrected chi connectivity index (χ1v) is 9.91. The van der Waals surface area contributed by atoms with Crippen LogP contribution >= 0.6 is 11.8 Å². The van der Waals surface area contributed by atoms with Gasteiger partial charge in [-0.25, -0.2) is 0 Å².